The highest BCUT2D eigenvalue weighted by atomic mass is 79.9. The molecule has 0 unspecified atom stereocenters. The van der Waals surface area contributed by atoms with Crippen molar-refractivity contribution in [2.75, 3.05) is 0 Å². The third-order valence-corrected chi connectivity index (χ3v) is 3.30. The van der Waals surface area contributed by atoms with Crippen LogP contribution in [0, 0.1) is 0 Å². The number of benzene rings is 1. The zero-order chi connectivity index (χ0) is 13.8. The minimum atomic E-state index is 0.925. The fraction of sp³-hybridized carbons (Fsp3) is 0. The smallest absolute Gasteiger partial charge is 0.138 e. The maximum Gasteiger partial charge on any atom is 0.138 e. The van der Waals surface area contributed by atoms with Crippen molar-refractivity contribution in [3.8, 4) is 0 Å². The van der Waals surface area contributed by atoms with Crippen molar-refractivity contribution >= 4 is 37.9 Å². The first kappa shape index (κ1) is 12.8. The zero-order valence-corrected chi connectivity index (χ0v) is 12.2. The average Bonchev–Trinajstić information content (AvgIpc) is 2.88. The summed E-state index contributed by atoms with van der Waals surface area (Å²) in [5, 5.41) is 2.33. The average molecular weight is 326 g/mol. The summed E-state index contributed by atoms with van der Waals surface area (Å²) in [5.41, 5.74) is 1.99. The van der Waals surface area contributed by atoms with E-state index >= 15 is 0 Å². The minimum Gasteiger partial charge on any atom is -0.334 e. The van der Waals surface area contributed by atoms with Crippen molar-refractivity contribution in [2.24, 2.45) is 0 Å². The predicted octanol–water partition coefficient (Wildman–Crippen LogP) is 4.56. The molecule has 0 saturated heterocycles. The first-order chi connectivity index (χ1) is 9.83. The maximum absolute atomic E-state index is 4.18. The van der Waals surface area contributed by atoms with Crippen LogP contribution in [-0.4, -0.2) is 15.0 Å². The second kappa shape index (κ2) is 5.84. The second-order valence-corrected chi connectivity index (χ2v) is 5.11. The van der Waals surface area contributed by atoms with Crippen LogP contribution in [-0.2, 0) is 0 Å². The second-order valence-electron chi connectivity index (χ2n) is 4.25. The van der Waals surface area contributed by atoms with E-state index in [1.165, 1.54) is 5.39 Å². The Balaban J connectivity index is 0.000000121. The molecular weight excluding hydrogens is 314 g/mol. The molecular formula is C16H12BrN3. The lowest BCUT2D eigenvalue weighted by atomic mass is 10.2. The van der Waals surface area contributed by atoms with Crippen molar-refractivity contribution in [3.05, 3.63) is 71.6 Å². The van der Waals surface area contributed by atoms with Crippen LogP contribution in [0.3, 0.4) is 0 Å². The number of halogens is 1. The maximum atomic E-state index is 4.18. The van der Waals surface area contributed by atoms with Gasteiger partial charge in [0.25, 0.3) is 0 Å². The van der Waals surface area contributed by atoms with Crippen LogP contribution in [0.4, 0.5) is 0 Å². The summed E-state index contributed by atoms with van der Waals surface area (Å²) in [6.45, 7) is 0. The summed E-state index contributed by atoms with van der Waals surface area (Å²) in [5.74, 6) is 0. The van der Waals surface area contributed by atoms with Gasteiger partial charge in [-0.15, -0.1) is 0 Å². The van der Waals surface area contributed by atoms with E-state index in [-0.39, 0.29) is 0 Å². The van der Waals surface area contributed by atoms with Crippen LogP contribution in [0.1, 0.15) is 0 Å². The van der Waals surface area contributed by atoms with Gasteiger partial charge in [-0.2, -0.15) is 0 Å². The van der Waals surface area contributed by atoms with Gasteiger partial charge in [0.05, 0.1) is 10.1 Å². The molecule has 0 spiro atoms. The summed E-state index contributed by atoms with van der Waals surface area (Å²) in [4.78, 5) is 11.4. The minimum absolute atomic E-state index is 0.925. The van der Waals surface area contributed by atoms with Gasteiger partial charge in [0.1, 0.15) is 5.65 Å². The van der Waals surface area contributed by atoms with Gasteiger partial charge in [-0.05, 0) is 46.3 Å². The standard InChI is InChI=1S/C9H7N.C7H5BrN2/c1-2-6-9-8(4-1)5-3-7-10-9;8-6-4-5-2-1-3-9-7(5)10-6/h1-7H;1-4H,(H,9,10). The molecule has 0 amide bonds. The fourth-order valence-electron chi connectivity index (χ4n) is 1.94. The molecule has 0 radical (unpaired) electrons. The third kappa shape index (κ3) is 2.86. The Morgan fingerprint density at radius 2 is 1.50 bits per heavy atom. The molecule has 0 atom stereocenters. The molecule has 4 rings (SSSR count). The third-order valence-electron chi connectivity index (χ3n) is 2.87. The normalized spacial score (nSPS) is 10.2. The summed E-state index contributed by atoms with van der Waals surface area (Å²) in [7, 11) is 0. The van der Waals surface area contributed by atoms with Crippen molar-refractivity contribution in [1.82, 2.24) is 15.0 Å². The number of rotatable bonds is 0. The number of nitrogens with one attached hydrogen (secondary N) is 1. The largest absolute Gasteiger partial charge is 0.334 e. The molecule has 1 aromatic carbocycles. The van der Waals surface area contributed by atoms with Crippen LogP contribution in [0.25, 0.3) is 21.9 Å². The lowest BCUT2D eigenvalue weighted by Crippen LogP contribution is -1.73. The number of H-pyrrole nitrogens is 1. The highest BCUT2D eigenvalue weighted by molar-refractivity contribution is 9.10. The van der Waals surface area contributed by atoms with E-state index in [2.05, 4.69) is 43.0 Å². The quantitative estimate of drug-likeness (QED) is 0.515. The van der Waals surface area contributed by atoms with Gasteiger partial charge < -0.3 is 4.98 Å². The number of nitrogens with zero attached hydrogens (tertiary/aromatic N) is 2. The van der Waals surface area contributed by atoms with Gasteiger partial charge in [0.2, 0.25) is 0 Å². The van der Waals surface area contributed by atoms with E-state index in [4.69, 9.17) is 0 Å². The van der Waals surface area contributed by atoms with Crippen LogP contribution >= 0.6 is 15.9 Å². The molecule has 98 valence electrons. The van der Waals surface area contributed by atoms with Crippen molar-refractivity contribution in [1.29, 1.82) is 0 Å². The Hall–Kier alpha value is -2.20. The molecule has 1 N–H and O–H groups in total. The first-order valence-electron chi connectivity index (χ1n) is 6.22. The van der Waals surface area contributed by atoms with Gasteiger partial charge >= 0.3 is 0 Å². The number of aromatic nitrogens is 3. The Morgan fingerprint density at radius 3 is 2.30 bits per heavy atom. The summed E-state index contributed by atoms with van der Waals surface area (Å²) < 4.78 is 0.973. The molecule has 20 heavy (non-hydrogen) atoms. The molecule has 0 bridgehead atoms. The summed E-state index contributed by atoms with van der Waals surface area (Å²) >= 11 is 3.33. The number of hydrogen-bond acceptors (Lipinski definition) is 2. The van der Waals surface area contributed by atoms with Crippen molar-refractivity contribution in [3.63, 3.8) is 0 Å². The fourth-order valence-corrected chi connectivity index (χ4v) is 2.37. The molecule has 0 aliphatic rings. The number of pyridine rings is 2. The van der Waals surface area contributed by atoms with Crippen LogP contribution in [0.5, 0.6) is 0 Å². The van der Waals surface area contributed by atoms with Gasteiger partial charge in [0, 0.05) is 23.2 Å². The molecule has 3 nitrogen and oxygen atoms in total. The molecule has 0 saturated carbocycles. The van der Waals surface area contributed by atoms with Crippen LogP contribution in [0.15, 0.2) is 71.6 Å². The Labute approximate surface area is 124 Å². The van der Waals surface area contributed by atoms with E-state index in [9.17, 15) is 0 Å². The Bertz CT molecular complexity index is 741. The highest BCUT2D eigenvalue weighted by Crippen LogP contribution is 2.15. The summed E-state index contributed by atoms with van der Waals surface area (Å²) in [6, 6.07) is 18.0. The number of para-hydroxylation sites is 1. The van der Waals surface area contributed by atoms with Gasteiger partial charge in [-0.1, -0.05) is 24.3 Å². The van der Waals surface area contributed by atoms with Gasteiger partial charge in [-0.3, -0.25) is 4.98 Å². The molecule has 4 aromatic rings. The Kier molecular flexibility index (Phi) is 3.74. The van der Waals surface area contributed by atoms with Crippen molar-refractivity contribution < 1.29 is 0 Å². The lowest BCUT2D eigenvalue weighted by molar-refractivity contribution is 1.30. The first-order valence-corrected chi connectivity index (χ1v) is 7.01. The molecule has 4 heteroatoms. The van der Waals surface area contributed by atoms with E-state index in [0.29, 0.717) is 0 Å². The monoisotopic (exact) mass is 325 g/mol. The lowest BCUT2D eigenvalue weighted by Gasteiger charge is -1.91. The number of hydrogen-bond donors (Lipinski definition) is 1. The van der Waals surface area contributed by atoms with E-state index in [1.54, 1.807) is 6.20 Å². The van der Waals surface area contributed by atoms with E-state index < -0.39 is 0 Å². The van der Waals surface area contributed by atoms with Crippen LogP contribution < -0.4 is 0 Å². The Morgan fingerprint density at radius 1 is 0.800 bits per heavy atom. The van der Waals surface area contributed by atoms with Crippen molar-refractivity contribution in [2.45, 2.75) is 0 Å². The SMILES string of the molecule is Brc1cc2cccnc2[nH]1.c1ccc2ncccc2c1. The molecule has 3 heterocycles. The van der Waals surface area contributed by atoms with Crippen LogP contribution in [0.2, 0.25) is 0 Å². The highest BCUT2D eigenvalue weighted by Gasteiger charge is 1.95. The summed E-state index contributed by atoms with van der Waals surface area (Å²) in [6.07, 6.45) is 3.58. The zero-order valence-electron chi connectivity index (χ0n) is 10.6. The van der Waals surface area contributed by atoms with Gasteiger partial charge in [0.15, 0.2) is 0 Å². The topological polar surface area (TPSA) is 41.6 Å². The number of fused-ring (bicyclic) bond motifs is 2. The number of aromatic amines is 1. The molecule has 0 aliphatic heterocycles. The molecule has 3 aromatic heterocycles. The van der Waals surface area contributed by atoms with E-state index in [0.717, 1.165) is 21.2 Å². The molecule has 0 fully saturated rings. The van der Waals surface area contributed by atoms with Gasteiger partial charge in [-0.25, -0.2) is 4.98 Å². The molecule has 0 aliphatic carbocycles. The van der Waals surface area contributed by atoms with E-state index in [1.807, 2.05) is 48.7 Å². The predicted molar refractivity (Wildman–Crippen MR) is 85.5 cm³/mol.